The molecular formula is C14H16N2OS. The van der Waals surface area contributed by atoms with E-state index in [1.165, 1.54) is 21.6 Å². The van der Waals surface area contributed by atoms with Gasteiger partial charge in [0, 0.05) is 12.7 Å². The zero-order valence-corrected chi connectivity index (χ0v) is 11.2. The molecule has 1 N–H and O–H groups in total. The highest BCUT2D eigenvalue weighted by atomic mass is 32.1. The summed E-state index contributed by atoms with van der Waals surface area (Å²) in [5.41, 5.74) is 5.95. The number of ether oxygens (including phenoxy) is 1. The minimum absolute atomic E-state index is 0.173. The number of likely N-dealkylation sites (N-methyl/N-ethyl adjacent to an activating group) is 1. The lowest BCUT2D eigenvalue weighted by atomic mass is 9.92. The summed E-state index contributed by atoms with van der Waals surface area (Å²) in [5.74, 6) is 0. The smallest absolute Gasteiger partial charge is 0.0952 e. The van der Waals surface area contributed by atoms with Gasteiger partial charge >= 0.3 is 0 Å². The number of rotatable bonds is 3. The molecule has 0 amide bonds. The number of nitrogens with one attached hydrogen (secondary N) is 1. The van der Waals surface area contributed by atoms with E-state index in [4.69, 9.17) is 4.74 Å². The maximum absolute atomic E-state index is 5.84. The molecule has 2 heterocycles. The van der Waals surface area contributed by atoms with Gasteiger partial charge in [0.1, 0.15) is 0 Å². The third kappa shape index (κ3) is 2.07. The lowest BCUT2D eigenvalue weighted by molar-refractivity contribution is 0.0440. The largest absolute Gasteiger partial charge is 0.372 e. The lowest BCUT2D eigenvalue weighted by Crippen LogP contribution is -2.25. The normalized spacial score (nSPS) is 18.6. The molecule has 0 radical (unpaired) electrons. The Labute approximate surface area is 111 Å². The highest BCUT2D eigenvalue weighted by molar-refractivity contribution is 7.13. The summed E-state index contributed by atoms with van der Waals surface area (Å²) in [6.45, 7) is 1.66. The predicted octanol–water partition coefficient (Wildman–Crippen LogP) is 2.64. The van der Waals surface area contributed by atoms with Crippen molar-refractivity contribution in [3.8, 4) is 10.4 Å². The first-order valence-corrected chi connectivity index (χ1v) is 7.05. The Morgan fingerprint density at radius 3 is 3.22 bits per heavy atom. The van der Waals surface area contributed by atoms with Gasteiger partial charge in [0.15, 0.2) is 0 Å². The van der Waals surface area contributed by atoms with Gasteiger partial charge in [-0.25, -0.2) is 0 Å². The van der Waals surface area contributed by atoms with Crippen LogP contribution >= 0.6 is 11.3 Å². The monoisotopic (exact) mass is 260 g/mol. The third-order valence-electron chi connectivity index (χ3n) is 3.32. The third-order valence-corrected chi connectivity index (χ3v) is 4.12. The van der Waals surface area contributed by atoms with Crippen LogP contribution in [-0.2, 0) is 11.2 Å². The van der Waals surface area contributed by atoms with Crippen LogP contribution in [0.25, 0.3) is 10.4 Å². The Hall–Kier alpha value is -1.23. The van der Waals surface area contributed by atoms with Crippen molar-refractivity contribution in [2.75, 3.05) is 20.2 Å². The molecular weight excluding hydrogens is 244 g/mol. The molecule has 3 rings (SSSR count). The van der Waals surface area contributed by atoms with E-state index < -0.39 is 0 Å². The molecule has 1 aliphatic heterocycles. The summed E-state index contributed by atoms with van der Waals surface area (Å²) in [6, 6.07) is 6.49. The van der Waals surface area contributed by atoms with Gasteiger partial charge in [-0.15, -0.1) is 11.3 Å². The van der Waals surface area contributed by atoms with Crippen molar-refractivity contribution >= 4 is 11.3 Å². The van der Waals surface area contributed by atoms with E-state index >= 15 is 0 Å². The summed E-state index contributed by atoms with van der Waals surface area (Å²) in [7, 11) is 1.96. The molecule has 1 aliphatic rings. The van der Waals surface area contributed by atoms with Crippen LogP contribution in [0.1, 0.15) is 17.2 Å². The van der Waals surface area contributed by atoms with Crippen molar-refractivity contribution in [2.45, 2.75) is 12.5 Å². The van der Waals surface area contributed by atoms with Crippen LogP contribution in [0.4, 0.5) is 0 Å². The number of benzene rings is 1. The maximum Gasteiger partial charge on any atom is 0.0952 e. The first-order chi connectivity index (χ1) is 8.90. The fraction of sp³-hybridized carbons (Fsp3) is 0.357. The van der Waals surface area contributed by atoms with Crippen molar-refractivity contribution in [2.24, 2.45) is 0 Å². The average molecular weight is 260 g/mol. The van der Waals surface area contributed by atoms with Gasteiger partial charge in [0.05, 0.1) is 23.1 Å². The molecule has 0 saturated heterocycles. The number of fused-ring (bicyclic) bond motifs is 1. The topological polar surface area (TPSA) is 34.1 Å². The molecule has 0 aliphatic carbocycles. The number of aromatic nitrogens is 1. The Morgan fingerprint density at radius 2 is 2.44 bits per heavy atom. The van der Waals surface area contributed by atoms with Gasteiger partial charge in [0.25, 0.3) is 0 Å². The molecule has 18 heavy (non-hydrogen) atoms. The Morgan fingerprint density at radius 1 is 1.50 bits per heavy atom. The number of thiazole rings is 1. The Bertz CT molecular complexity index is 525. The molecule has 0 bridgehead atoms. The van der Waals surface area contributed by atoms with E-state index in [0.717, 1.165) is 19.6 Å². The van der Waals surface area contributed by atoms with E-state index in [1.54, 1.807) is 11.3 Å². The minimum atomic E-state index is 0.173. The van der Waals surface area contributed by atoms with E-state index in [-0.39, 0.29) is 6.10 Å². The molecule has 0 saturated carbocycles. The van der Waals surface area contributed by atoms with Crippen LogP contribution in [-0.4, -0.2) is 25.2 Å². The van der Waals surface area contributed by atoms with E-state index in [0.29, 0.717) is 0 Å². The lowest BCUT2D eigenvalue weighted by Gasteiger charge is -2.27. The molecule has 1 aromatic heterocycles. The second-order valence-corrected chi connectivity index (χ2v) is 5.29. The highest BCUT2D eigenvalue weighted by Gasteiger charge is 2.22. The summed E-state index contributed by atoms with van der Waals surface area (Å²) in [6.07, 6.45) is 3.11. The molecule has 2 aromatic rings. The van der Waals surface area contributed by atoms with Crippen LogP contribution in [0, 0.1) is 0 Å². The van der Waals surface area contributed by atoms with Gasteiger partial charge < -0.3 is 10.1 Å². The second kappa shape index (κ2) is 5.18. The van der Waals surface area contributed by atoms with E-state index in [9.17, 15) is 0 Å². The molecule has 4 heteroatoms. The van der Waals surface area contributed by atoms with Crippen molar-refractivity contribution in [1.29, 1.82) is 0 Å². The minimum Gasteiger partial charge on any atom is -0.372 e. The van der Waals surface area contributed by atoms with Gasteiger partial charge in [-0.1, -0.05) is 18.2 Å². The highest BCUT2D eigenvalue weighted by Crippen LogP contribution is 2.35. The van der Waals surface area contributed by atoms with Gasteiger partial charge in [-0.2, -0.15) is 0 Å². The molecule has 0 spiro atoms. The molecule has 94 valence electrons. The zero-order valence-electron chi connectivity index (χ0n) is 10.3. The van der Waals surface area contributed by atoms with Crippen LogP contribution in [0.2, 0.25) is 0 Å². The fourth-order valence-corrected chi connectivity index (χ4v) is 3.19. The van der Waals surface area contributed by atoms with Crippen molar-refractivity contribution in [1.82, 2.24) is 10.3 Å². The Balaban J connectivity index is 2.06. The number of hydrogen-bond acceptors (Lipinski definition) is 4. The van der Waals surface area contributed by atoms with Crippen LogP contribution in [0.15, 0.2) is 29.9 Å². The van der Waals surface area contributed by atoms with Crippen molar-refractivity contribution in [3.63, 3.8) is 0 Å². The van der Waals surface area contributed by atoms with Crippen LogP contribution in [0.3, 0.4) is 0 Å². The Kier molecular flexibility index (Phi) is 3.41. The molecule has 0 fully saturated rings. The predicted molar refractivity (Wildman–Crippen MR) is 73.9 cm³/mol. The van der Waals surface area contributed by atoms with Gasteiger partial charge in [0.2, 0.25) is 0 Å². The summed E-state index contributed by atoms with van der Waals surface area (Å²) in [4.78, 5) is 5.42. The fourth-order valence-electron chi connectivity index (χ4n) is 2.51. The maximum atomic E-state index is 5.84. The van der Waals surface area contributed by atoms with Gasteiger partial charge in [-0.3, -0.25) is 4.98 Å². The van der Waals surface area contributed by atoms with Gasteiger partial charge in [-0.05, 0) is 30.2 Å². The molecule has 1 atom stereocenters. The van der Waals surface area contributed by atoms with Crippen LogP contribution in [0.5, 0.6) is 0 Å². The molecule has 0 unspecified atom stereocenters. The van der Waals surface area contributed by atoms with Crippen molar-refractivity contribution in [3.05, 3.63) is 41.0 Å². The van der Waals surface area contributed by atoms with Crippen molar-refractivity contribution < 1.29 is 4.74 Å². The quantitative estimate of drug-likeness (QED) is 0.921. The molecule has 1 aromatic carbocycles. The number of hydrogen-bond donors (Lipinski definition) is 1. The summed E-state index contributed by atoms with van der Waals surface area (Å²) >= 11 is 1.70. The zero-order chi connectivity index (χ0) is 12.4. The summed E-state index contributed by atoms with van der Waals surface area (Å²) in [5, 5.41) is 3.20. The second-order valence-electron chi connectivity index (χ2n) is 4.41. The number of nitrogens with zero attached hydrogens (tertiary/aromatic N) is 1. The van der Waals surface area contributed by atoms with E-state index in [2.05, 4.69) is 28.5 Å². The first-order valence-electron chi connectivity index (χ1n) is 6.17. The summed E-state index contributed by atoms with van der Waals surface area (Å²) < 4.78 is 5.84. The standard InChI is InChI=1S/C14H16N2OS/c1-15-7-13-11-3-2-4-12(10(11)5-6-17-13)14-8-16-9-18-14/h2-4,8-9,13,15H,5-7H2,1H3/t13-/m0/s1. The van der Waals surface area contributed by atoms with E-state index in [1.807, 2.05) is 18.8 Å². The first kappa shape index (κ1) is 11.8. The average Bonchev–Trinajstić information content (AvgIpc) is 2.93. The van der Waals surface area contributed by atoms with Crippen LogP contribution < -0.4 is 5.32 Å². The molecule has 3 nitrogen and oxygen atoms in total. The SMILES string of the molecule is CNC[C@@H]1OCCc2c(-c3cncs3)cccc21.